The largest absolute Gasteiger partial charge is 0.381 e. The maximum Gasteiger partial charge on any atom is 0.251 e. The van der Waals surface area contributed by atoms with Crippen LogP contribution >= 0.6 is 0 Å². The zero-order valence-corrected chi connectivity index (χ0v) is 19.6. The molecule has 1 aromatic carbocycles. The Morgan fingerprint density at radius 2 is 1.82 bits per heavy atom. The van der Waals surface area contributed by atoms with Gasteiger partial charge in [0.1, 0.15) is 5.82 Å². The first-order valence-electron chi connectivity index (χ1n) is 11.3. The Bertz CT molecular complexity index is 1150. The highest BCUT2D eigenvalue weighted by molar-refractivity contribution is 5.79. The van der Waals surface area contributed by atoms with E-state index in [1.165, 1.54) is 6.07 Å². The molecule has 1 amide bonds. The molecule has 1 aliphatic rings. The van der Waals surface area contributed by atoms with Crippen molar-refractivity contribution < 1.29 is 13.9 Å². The van der Waals surface area contributed by atoms with Crippen molar-refractivity contribution in [3.05, 3.63) is 70.1 Å². The highest BCUT2D eigenvalue weighted by atomic mass is 19.1. The molecule has 3 heterocycles. The van der Waals surface area contributed by atoms with Crippen molar-refractivity contribution in [1.29, 1.82) is 0 Å². The summed E-state index contributed by atoms with van der Waals surface area (Å²) in [6, 6.07) is 8.58. The Hall–Kier alpha value is -3.13. The van der Waals surface area contributed by atoms with Crippen LogP contribution in [0, 0.1) is 33.5 Å². The van der Waals surface area contributed by atoms with Crippen LogP contribution in [0.3, 0.4) is 0 Å². The topological polar surface area (TPSA) is 81.9 Å². The van der Waals surface area contributed by atoms with E-state index in [2.05, 4.69) is 20.4 Å². The second-order valence-electron chi connectivity index (χ2n) is 8.87. The highest BCUT2D eigenvalue weighted by Crippen LogP contribution is 2.34. The summed E-state index contributed by atoms with van der Waals surface area (Å²) in [4.78, 5) is 22.0. The molecule has 3 aromatic rings. The summed E-state index contributed by atoms with van der Waals surface area (Å²) in [6.07, 6.45) is 1.67. The number of nitrogens with zero attached hydrogens (tertiary/aromatic N) is 4. The summed E-state index contributed by atoms with van der Waals surface area (Å²) in [5.74, 6) is 0.147. The number of benzene rings is 1. The molecule has 0 radical (unpaired) electrons. The third-order valence-corrected chi connectivity index (χ3v) is 6.45. The summed E-state index contributed by atoms with van der Waals surface area (Å²) in [7, 11) is 0. The molecule has 8 heteroatoms. The Labute approximate surface area is 193 Å². The maximum absolute atomic E-state index is 13.9. The zero-order valence-electron chi connectivity index (χ0n) is 19.6. The number of aromatic nitrogens is 4. The first-order valence-corrected chi connectivity index (χ1v) is 11.3. The molecule has 1 aliphatic heterocycles. The van der Waals surface area contributed by atoms with Crippen molar-refractivity contribution in [2.75, 3.05) is 19.8 Å². The molecule has 4 rings (SSSR count). The van der Waals surface area contributed by atoms with Gasteiger partial charge in [-0.3, -0.25) is 4.79 Å². The summed E-state index contributed by atoms with van der Waals surface area (Å²) >= 11 is 0. The van der Waals surface area contributed by atoms with Crippen LogP contribution in [0.4, 0.5) is 4.39 Å². The van der Waals surface area contributed by atoms with Crippen molar-refractivity contribution in [2.45, 2.75) is 52.4 Å². The van der Waals surface area contributed by atoms with Gasteiger partial charge in [-0.05, 0) is 64.3 Å². The molecule has 0 aliphatic carbocycles. The van der Waals surface area contributed by atoms with Crippen LogP contribution in [0.15, 0.2) is 30.3 Å². The predicted octanol–water partition coefficient (Wildman–Crippen LogP) is 3.44. The predicted molar refractivity (Wildman–Crippen MR) is 123 cm³/mol. The lowest BCUT2D eigenvalue weighted by Gasteiger charge is -2.38. The Balaban J connectivity index is 1.51. The van der Waals surface area contributed by atoms with E-state index in [9.17, 15) is 9.18 Å². The first-order chi connectivity index (χ1) is 15.8. The summed E-state index contributed by atoms with van der Waals surface area (Å²) in [5, 5.41) is 7.69. The van der Waals surface area contributed by atoms with E-state index in [0.717, 1.165) is 46.7 Å². The zero-order chi connectivity index (χ0) is 23.6. The molecule has 1 saturated heterocycles. The minimum atomic E-state index is -0.336. The second-order valence-corrected chi connectivity index (χ2v) is 8.87. The minimum Gasteiger partial charge on any atom is -0.381 e. The van der Waals surface area contributed by atoms with Crippen LogP contribution in [0.2, 0.25) is 0 Å². The van der Waals surface area contributed by atoms with Crippen LogP contribution in [0.5, 0.6) is 0 Å². The summed E-state index contributed by atoms with van der Waals surface area (Å²) in [5.41, 5.74) is 4.78. The van der Waals surface area contributed by atoms with Gasteiger partial charge in [0.05, 0.1) is 12.1 Å². The van der Waals surface area contributed by atoms with E-state index in [-0.39, 0.29) is 23.6 Å². The minimum absolute atomic E-state index is 0.0932. The van der Waals surface area contributed by atoms with Crippen LogP contribution < -0.4 is 5.32 Å². The quantitative estimate of drug-likeness (QED) is 0.621. The Kier molecular flexibility index (Phi) is 6.56. The van der Waals surface area contributed by atoms with Gasteiger partial charge in [0, 0.05) is 47.8 Å². The number of nitrogens with one attached hydrogen (secondary N) is 1. The lowest BCUT2D eigenvalue weighted by molar-refractivity contribution is -0.121. The fourth-order valence-corrected chi connectivity index (χ4v) is 4.57. The van der Waals surface area contributed by atoms with E-state index < -0.39 is 0 Å². The number of hydrogen-bond acceptors (Lipinski definition) is 5. The molecule has 2 aromatic heterocycles. The van der Waals surface area contributed by atoms with E-state index in [1.807, 2.05) is 39.8 Å². The van der Waals surface area contributed by atoms with Gasteiger partial charge in [0.25, 0.3) is 5.95 Å². The molecule has 0 saturated carbocycles. The Morgan fingerprint density at radius 1 is 1.12 bits per heavy atom. The Morgan fingerprint density at radius 3 is 2.48 bits per heavy atom. The van der Waals surface area contributed by atoms with Crippen molar-refractivity contribution in [2.24, 2.45) is 0 Å². The lowest BCUT2D eigenvalue weighted by atomic mass is 9.74. The molecule has 0 bridgehead atoms. The third-order valence-electron chi connectivity index (χ3n) is 6.45. The summed E-state index contributed by atoms with van der Waals surface area (Å²) < 4.78 is 21.2. The number of aryl methyl sites for hydroxylation is 3. The molecule has 1 N–H and O–H groups in total. The summed E-state index contributed by atoms with van der Waals surface area (Å²) in [6.45, 7) is 9.27. The number of amides is 1. The monoisotopic (exact) mass is 451 g/mol. The van der Waals surface area contributed by atoms with Crippen LogP contribution in [0.25, 0.3) is 5.95 Å². The van der Waals surface area contributed by atoms with Crippen molar-refractivity contribution >= 4 is 5.91 Å². The van der Waals surface area contributed by atoms with Crippen molar-refractivity contribution in [3.63, 3.8) is 0 Å². The third kappa shape index (κ3) is 4.95. The molecular weight excluding hydrogens is 421 g/mol. The maximum atomic E-state index is 13.9. The van der Waals surface area contributed by atoms with Gasteiger partial charge in [0.2, 0.25) is 5.91 Å². The molecule has 0 unspecified atom stereocenters. The first kappa shape index (κ1) is 23.0. The van der Waals surface area contributed by atoms with Crippen LogP contribution in [-0.4, -0.2) is 45.4 Å². The average molecular weight is 452 g/mol. The number of hydrogen-bond donors (Lipinski definition) is 1. The highest BCUT2D eigenvalue weighted by Gasteiger charge is 2.35. The van der Waals surface area contributed by atoms with E-state index in [4.69, 9.17) is 4.74 Å². The fraction of sp³-hybridized carbons (Fsp3) is 0.440. The molecule has 0 spiro atoms. The SMILES string of the molecule is Cc1cc(C)nc(-n2nc(C)c(CC(=O)NCC3(c4cccc(F)c4)CCOCC3)c2C)n1. The lowest BCUT2D eigenvalue weighted by Crippen LogP contribution is -2.45. The fourth-order valence-electron chi connectivity index (χ4n) is 4.57. The van der Waals surface area contributed by atoms with Gasteiger partial charge in [-0.15, -0.1) is 0 Å². The molecule has 7 nitrogen and oxygen atoms in total. The smallest absolute Gasteiger partial charge is 0.251 e. The van der Waals surface area contributed by atoms with Gasteiger partial charge in [-0.25, -0.2) is 19.0 Å². The molecule has 0 atom stereocenters. The molecule has 1 fully saturated rings. The van der Waals surface area contributed by atoms with Gasteiger partial charge in [-0.2, -0.15) is 5.10 Å². The second kappa shape index (κ2) is 9.39. The van der Waals surface area contributed by atoms with Crippen molar-refractivity contribution in [3.8, 4) is 5.95 Å². The number of halogens is 1. The van der Waals surface area contributed by atoms with E-state index >= 15 is 0 Å². The number of rotatable bonds is 6. The van der Waals surface area contributed by atoms with Crippen LogP contribution in [0.1, 0.15) is 46.7 Å². The van der Waals surface area contributed by atoms with Crippen LogP contribution in [-0.2, 0) is 21.4 Å². The van der Waals surface area contributed by atoms with Gasteiger partial charge in [0.15, 0.2) is 0 Å². The van der Waals surface area contributed by atoms with Gasteiger partial charge in [-0.1, -0.05) is 12.1 Å². The van der Waals surface area contributed by atoms with Gasteiger partial charge < -0.3 is 10.1 Å². The normalized spacial score (nSPS) is 15.4. The average Bonchev–Trinajstić information content (AvgIpc) is 3.06. The number of carbonyl (C=O) groups excluding carboxylic acids is 1. The number of carbonyl (C=O) groups is 1. The number of ether oxygens (including phenoxy) is 1. The van der Waals surface area contributed by atoms with E-state index in [0.29, 0.717) is 25.7 Å². The van der Waals surface area contributed by atoms with Crippen molar-refractivity contribution in [1.82, 2.24) is 25.1 Å². The van der Waals surface area contributed by atoms with Gasteiger partial charge >= 0.3 is 0 Å². The molecule has 174 valence electrons. The molecule has 33 heavy (non-hydrogen) atoms. The standard InChI is InChI=1S/C25H30FN5O2/c1-16-12-17(2)29-24(28-16)31-19(4)22(18(3)30-31)14-23(32)27-15-25(8-10-33-11-9-25)20-6-5-7-21(26)13-20/h5-7,12-13H,8-11,14-15H2,1-4H3,(H,27,32). The van der Waals surface area contributed by atoms with E-state index in [1.54, 1.807) is 16.8 Å². The molecular formula is C25H30FN5O2.